The Balaban J connectivity index is 1.94. The van der Waals surface area contributed by atoms with E-state index in [1.807, 2.05) is 0 Å². The van der Waals surface area contributed by atoms with Crippen molar-refractivity contribution < 1.29 is 0 Å². The number of pyridine rings is 1. The predicted molar refractivity (Wildman–Crippen MR) is 128 cm³/mol. The summed E-state index contributed by atoms with van der Waals surface area (Å²) in [4.78, 5) is 5.08. The van der Waals surface area contributed by atoms with Gasteiger partial charge >= 0.3 is 0 Å². The lowest BCUT2D eigenvalue weighted by molar-refractivity contribution is 1.51. The maximum absolute atomic E-state index is 5.08. The number of aromatic nitrogens is 1. The maximum Gasteiger partial charge on any atom is 0.139 e. The molecule has 0 unspecified atom stereocenters. The highest BCUT2D eigenvalue weighted by Gasteiger charge is 2.16. The molecule has 0 fully saturated rings. The molecule has 0 N–H and O–H groups in total. The molecule has 2 heteroatoms. The van der Waals surface area contributed by atoms with Crippen LogP contribution in [0.5, 0.6) is 0 Å². The van der Waals surface area contributed by atoms with Crippen LogP contribution in [0, 0.1) is 0 Å². The minimum atomic E-state index is 1.04. The molecule has 0 spiro atoms. The average molecular weight is 367 g/mol. The van der Waals surface area contributed by atoms with E-state index in [1.165, 1.54) is 48.9 Å². The van der Waals surface area contributed by atoms with Gasteiger partial charge in [0.15, 0.2) is 0 Å². The van der Waals surface area contributed by atoms with Crippen molar-refractivity contribution in [3.8, 4) is 11.1 Å². The number of fused-ring (bicyclic) bond motifs is 6. The van der Waals surface area contributed by atoms with E-state index in [1.54, 1.807) is 0 Å². The van der Waals surface area contributed by atoms with E-state index in [0.717, 1.165) is 11.0 Å². The molecule has 0 saturated heterocycles. The molecule has 0 aliphatic carbocycles. The second-order valence-electron chi connectivity index (χ2n) is 7.71. The fraction of sp³-hybridized carbons (Fsp3) is 0. The van der Waals surface area contributed by atoms with Crippen LogP contribution < -0.4 is 5.46 Å². The highest BCUT2D eigenvalue weighted by Crippen LogP contribution is 2.41. The Labute approximate surface area is 170 Å². The first-order chi connectivity index (χ1) is 14.3. The highest BCUT2D eigenvalue weighted by molar-refractivity contribution is 6.32. The van der Waals surface area contributed by atoms with Crippen LogP contribution in [0.2, 0.25) is 0 Å². The molecule has 1 nitrogen and oxygen atoms in total. The van der Waals surface area contributed by atoms with Crippen LogP contribution in [-0.4, -0.2) is 12.8 Å². The third kappa shape index (κ3) is 2.46. The minimum absolute atomic E-state index is 1.04. The number of hydrogen-bond acceptors (Lipinski definition) is 1. The van der Waals surface area contributed by atoms with Crippen molar-refractivity contribution in [2.75, 3.05) is 0 Å². The van der Waals surface area contributed by atoms with Crippen LogP contribution in [0.1, 0.15) is 0 Å². The largest absolute Gasteiger partial charge is 0.248 e. The Bertz CT molecular complexity index is 1460. The summed E-state index contributed by atoms with van der Waals surface area (Å²) in [6.45, 7) is 0. The molecule has 0 aliphatic heterocycles. The Kier molecular flexibility index (Phi) is 3.48. The monoisotopic (exact) mass is 367 g/mol. The van der Waals surface area contributed by atoms with Crippen molar-refractivity contribution in [3.63, 3.8) is 0 Å². The van der Waals surface area contributed by atoms with Gasteiger partial charge in [0, 0.05) is 16.3 Å². The van der Waals surface area contributed by atoms with Crippen molar-refractivity contribution in [2.24, 2.45) is 0 Å². The van der Waals surface area contributed by atoms with Gasteiger partial charge in [-0.1, -0.05) is 90.4 Å². The van der Waals surface area contributed by atoms with E-state index >= 15 is 0 Å². The molecule has 1 heterocycles. The quantitative estimate of drug-likeness (QED) is 0.209. The summed E-state index contributed by atoms with van der Waals surface area (Å²) < 4.78 is 0. The summed E-state index contributed by atoms with van der Waals surface area (Å²) >= 11 is 0. The molecule has 6 aromatic rings. The topological polar surface area (TPSA) is 12.9 Å². The smallest absolute Gasteiger partial charge is 0.139 e. The van der Waals surface area contributed by atoms with E-state index in [4.69, 9.17) is 4.98 Å². The molecule has 5 aromatic carbocycles. The molecule has 0 aliphatic rings. The lowest BCUT2D eigenvalue weighted by Gasteiger charge is -2.16. The Hall–Kier alpha value is -3.65. The summed E-state index contributed by atoms with van der Waals surface area (Å²) in [5, 5.41) is 7.46. The second-order valence-corrected chi connectivity index (χ2v) is 7.71. The lowest BCUT2D eigenvalue weighted by atomic mass is 9.88. The summed E-state index contributed by atoms with van der Waals surface area (Å²) in [5.41, 5.74) is 5.87. The first kappa shape index (κ1) is 16.3. The fourth-order valence-electron chi connectivity index (χ4n) is 4.50. The highest BCUT2D eigenvalue weighted by atomic mass is 14.7. The van der Waals surface area contributed by atoms with Gasteiger partial charge in [0.05, 0.1) is 11.0 Å². The van der Waals surface area contributed by atoms with Gasteiger partial charge in [-0.2, -0.15) is 0 Å². The third-order valence-electron chi connectivity index (χ3n) is 5.90. The van der Waals surface area contributed by atoms with Gasteiger partial charge in [-0.05, 0) is 39.2 Å². The van der Waals surface area contributed by atoms with Gasteiger partial charge in [-0.25, -0.2) is 4.98 Å². The van der Waals surface area contributed by atoms with E-state index in [0.29, 0.717) is 0 Å². The molecule has 1 aromatic heterocycles. The van der Waals surface area contributed by atoms with E-state index < -0.39 is 0 Å². The van der Waals surface area contributed by atoms with Crippen molar-refractivity contribution in [1.82, 2.24) is 4.98 Å². The first-order valence-corrected chi connectivity index (χ1v) is 9.99. The molecule has 0 amide bonds. The summed E-state index contributed by atoms with van der Waals surface area (Å²) in [6, 6.07) is 34.8. The molecular formula is C27H18BN. The van der Waals surface area contributed by atoms with Gasteiger partial charge in [0.2, 0.25) is 0 Å². The zero-order valence-electron chi connectivity index (χ0n) is 16.2. The van der Waals surface area contributed by atoms with Gasteiger partial charge in [0.25, 0.3) is 0 Å². The Morgan fingerprint density at radius 2 is 1.03 bits per heavy atom. The zero-order chi connectivity index (χ0) is 19.4. The summed E-state index contributed by atoms with van der Waals surface area (Å²) in [6.07, 6.45) is 0. The maximum atomic E-state index is 5.08. The SMILES string of the molecule is Bc1ccc(-c2c3c(ccc4ccccc43)nc3ccc4ccccc4c23)cc1. The average Bonchev–Trinajstić information content (AvgIpc) is 2.78. The van der Waals surface area contributed by atoms with Gasteiger partial charge in [-0.3, -0.25) is 0 Å². The summed E-state index contributed by atoms with van der Waals surface area (Å²) in [7, 11) is 2.14. The Morgan fingerprint density at radius 3 is 1.59 bits per heavy atom. The number of rotatable bonds is 1. The van der Waals surface area contributed by atoms with Crippen LogP contribution in [0.25, 0.3) is 54.5 Å². The molecular weight excluding hydrogens is 349 g/mol. The lowest BCUT2D eigenvalue weighted by Crippen LogP contribution is -2.00. The van der Waals surface area contributed by atoms with Gasteiger partial charge in [-0.15, -0.1) is 0 Å². The van der Waals surface area contributed by atoms with Crippen LogP contribution in [-0.2, 0) is 0 Å². The normalized spacial score (nSPS) is 11.6. The van der Waals surface area contributed by atoms with Crippen molar-refractivity contribution in [1.29, 1.82) is 0 Å². The van der Waals surface area contributed by atoms with Gasteiger partial charge in [0.1, 0.15) is 7.85 Å². The van der Waals surface area contributed by atoms with Crippen LogP contribution in [0.3, 0.4) is 0 Å². The molecule has 6 rings (SSSR count). The molecule has 0 saturated carbocycles. The molecule has 29 heavy (non-hydrogen) atoms. The number of benzene rings is 5. The van der Waals surface area contributed by atoms with E-state index in [2.05, 4.69) is 105 Å². The van der Waals surface area contributed by atoms with E-state index in [-0.39, 0.29) is 0 Å². The minimum Gasteiger partial charge on any atom is -0.248 e. The van der Waals surface area contributed by atoms with Crippen LogP contribution in [0.4, 0.5) is 0 Å². The third-order valence-corrected chi connectivity index (χ3v) is 5.90. The van der Waals surface area contributed by atoms with E-state index in [9.17, 15) is 0 Å². The molecule has 0 radical (unpaired) electrons. The summed E-state index contributed by atoms with van der Waals surface area (Å²) in [5.74, 6) is 0. The van der Waals surface area contributed by atoms with Gasteiger partial charge < -0.3 is 0 Å². The number of nitrogens with zero attached hydrogens (tertiary/aromatic N) is 1. The zero-order valence-corrected chi connectivity index (χ0v) is 16.2. The first-order valence-electron chi connectivity index (χ1n) is 9.99. The van der Waals surface area contributed by atoms with Crippen molar-refractivity contribution >= 4 is 56.7 Å². The van der Waals surface area contributed by atoms with Crippen molar-refractivity contribution in [2.45, 2.75) is 0 Å². The molecule has 0 atom stereocenters. The van der Waals surface area contributed by atoms with Crippen molar-refractivity contribution in [3.05, 3.63) is 97.1 Å². The second kappa shape index (κ2) is 6.18. The molecule has 134 valence electrons. The standard InChI is InChI=1S/C27H18BN/c28-20-13-9-19(10-14-20)25-26-21-7-3-1-5-17(21)11-15-23(26)29-24-16-12-18-6-2-4-8-22(18)27(24)25/h1-16H,28H2. The Morgan fingerprint density at radius 1 is 0.517 bits per heavy atom. The predicted octanol–water partition coefficient (Wildman–Crippen LogP) is 5.62. The number of hydrogen-bond donors (Lipinski definition) is 0. The fourth-order valence-corrected chi connectivity index (χ4v) is 4.50. The molecule has 0 bridgehead atoms. The van der Waals surface area contributed by atoms with Crippen LogP contribution >= 0.6 is 0 Å². The van der Waals surface area contributed by atoms with Crippen LogP contribution in [0.15, 0.2) is 97.1 Å².